The number of aromatic nitrogens is 1. The fourth-order valence-corrected chi connectivity index (χ4v) is 10.4. The zero-order chi connectivity index (χ0) is 39.5. The number of rotatable bonds is 10. The van der Waals surface area contributed by atoms with E-state index in [0.717, 1.165) is 5.03 Å². The molecule has 0 radical (unpaired) electrons. The number of carbonyl (C=O) groups is 3. The van der Waals surface area contributed by atoms with Crippen LogP contribution in [0.4, 0.5) is 0 Å². The molecule has 1 amide bonds. The van der Waals surface area contributed by atoms with Crippen molar-refractivity contribution < 1.29 is 58.1 Å². The van der Waals surface area contributed by atoms with Gasteiger partial charge in [0.15, 0.2) is 24.6 Å². The summed E-state index contributed by atoms with van der Waals surface area (Å²) in [5, 5.41) is 39.7. The molecule has 298 valence electrons. The van der Waals surface area contributed by atoms with Gasteiger partial charge in [0.1, 0.15) is 34.0 Å². The van der Waals surface area contributed by atoms with Crippen molar-refractivity contribution >= 4 is 39.1 Å². The van der Waals surface area contributed by atoms with E-state index in [1.54, 1.807) is 19.4 Å². The summed E-state index contributed by atoms with van der Waals surface area (Å²) in [5.41, 5.74) is -3.17. The average Bonchev–Trinajstić information content (AvgIpc) is 3.59. The molecule has 3 saturated heterocycles. The number of aromatic hydroxyl groups is 2. The number of carbonyl (C=O) groups excluding carboxylic acids is 3. The molecule has 2 aliphatic carbocycles. The quantitative estimate of drug-likeness (QED) is 0.134. The van der Waals surface area contributed by atoms with Gasteiger partial charge in [0.25, 0.3) is 5.91 Å². The molecule has 5 aliphatic rings. The molecule has 1 aromatic heterocycles. The Morgan fingerprint density at radius 1 is 1.09 bits per heavy atom. The number of morpholine rings is 1. The normalized spacial score (nSPS) is 30.1. The number of ether oxygens (including phenoxy) is 6. The molecule has 4 N–H and O–H groups in total. The first-order valence-electron chi connectivity index (χ1n) is 18.4. The average molecular weight is 810 g/mol. The molecule has 8 rings (SSSR count). The number of aliphatic hydroxyl groups is 1. The molecule has 56 heavy (non-hydrogen) atoms. The Bertz CT molecular complexity index is 2040. The molecular weight excluding hydrogens is 767 g/mol. The predicted octanol–water partition coefficient (Wildman–Crippen LogP) is 3.49. The predicted molar refractivity (Wildman–Crippen MR) is 202 cm³/mol. The number of pyridine rings is 1. The van der Waals surface area contributed by atoms with Crippen molar-refractivity contribution in [2.75, 3.05) is 33.9 Å². The Morgan fingerprint density at radius 3 is 2.64 bits per heavy atom. The third-order valence-corrected chi connectivity index (χ3v) is 13.9. The Kier molecular flexibility index (Phi) is 10.8. The van der Waals surface area contributed by atoms with Gasteiger partial charge in [-0.1, -0.05) is 35.9 Å². The van der Waals surface area contributed by atoms with Gasteiger partial charge in [-0.25, -0.2) is 4.98 Å². The lowest BCUT2D eigenvalue weighted by Gasteiger charge is -2.43. The summed E-state index contributed by atoms with van der Waals surface area (Å²) < 4.78 is 36.0. The lowest BCUT2D eigenvalue weighted by molar-refractivity contribution is -0.256. The maximum absolute atomic E-state index is 14.1. The van der Waals surface area contributed by atoms with Crippen LogP contribution in [-0.4, -0.2) is 125 Å². The SMILES string of the molecule is COc1cccc2c1C(=O)c1c(O)c3c(c(O)c1C2=O)C[C@@](O)(C(=O)NCC(C)SSc1ccccn1)C[C@@H]3O[C@H]1C[C@H]2[C@H](O[C@@H]3[C@@H](OC)OCCN32)[C@H](C)O1. The van der Waals surface area contributed by atoms with Crippen LogP contribution in [-0.2, 0) is 34.9 Å². The van der Waals surface area contributed by atoms with Gasteiger partial charge in [0, 0.05) is 73.6 Å². The van der Waals surface area contributed by atoms with Crippen molar-refractivity contribution in [3.63, 3.8) is 0 Å². The van der Waals surface area contributed by atoms with Crippen LogP contribution >= 0.6 is 21.6 Å². The van der Waals surface area contributed by atoms with Crippen LogP contribution in [0.25, 0.3) is 0 Å². The summed E-state index contributed by atoms with van der Waals surface area (Å²) in [5.74, 6) is -3.27. The van der Waals surface area contributed by atoms with E-state index in [1.165, 1.54) is 40.8 Å². The highest BCUT2D eigenvalue weighted by Gasteiger charge is 2.55. The van der Waals surface area contributed by atoms with Crippen LogP contribution in [0.15, 0.2) is 47.6 Å². The zero-order valence-corrected chi connectivity index (χ0v) is 32.8. The number of phenols is 2. The molecule has 9 atom stereocenters. The monoisotopic (exact) mass is 809 g/mol. The molecule has 0 spiro atoms. The van der Waals surface area contributed by atoms with Crippen molar-refractivity contribution in [2.45, 2.75) is 92.1 Å². The van der Waals surface area contributed by atoms with Crippen LogP contribution in [0.5, 0.6) is 17.2 Å². The number of nitrogens with zero attached hydrogens (tertiary/aromatic N) is 2. The van der Waals surface area contributed by atoms with Gasteiger partial charge in [-0.3, -0.25) is 19.3 Å². The molecule has 0 bridgehead atoms. The van der Waals surface area contributed by atoms with Crippen molar-refractivity contribution in [1.29, 1.82) is 0 Å². The van der Waals surface area contributed by atoms with Crippen LogP contribution in [0.3, 0.4) is 0 Å². The highest BCUT2D eigenvalue weighted by Crippen LogP contribution is 2.53. The number of ketones is 2. The minimum absolute atomic E-state index is 0.0151. The summed E-state index contributed by atoms with van der Waals surface area (Å²) in [6.45, 7) is 4.97. The fraction of sp³-hybridized carbons (Fsp3) is 0.487. The number of nitrogens with one attached hydrogen (secondary N) is 1. The molecule has 3 fully saturated rings. The Labute approximate surface area is 330 Å². The lowest BCUT2D eigenvalue weighted by Crippen LogP contribution is -2.55. The van der Waals surface area contributed by atoms with E-state index in [-0.39, 0.29) is 58.4 Å². The highest BCUT2D eigenvalue weighted by molar-refractivity contribution is 8.76. The number of hydrogen-bond donors (Lipinski definition) is 4. The molecule has 3 aliphatic heterocycles. The molecule has 4 heterocycles. The number of fused-ring (bicyclic) bond motifs is 6. The van der Waals surface area contributed by atoms with Crippen LogP contribution in [0, 0.1) is 0 Å². The summed E-state index contributed by atoms with van der Waals surface area (Å²) in [6, 6.07) is 9.93. The standard InChI is InChI=1S/C39H43N3O12S2/c1-18(55-56-25-10-5-6-11-40-25)17-41-38(47)39(48)15-21-28(34(46)30-29(32(21)44)31(43)20-8-7-9-23(49-3)27(20)33(30)45)24(16-39)53-26-14-22-35(19(2)52-26)54-36-37(50-4)51-13-12-42(22)36/h5-11,18-19,22,24,26,35-37,44,46,48H,12-17H2,1-4H3,(H,41,47)/t18?,19-,22-,24-,26-,35+,36+,37-,39-/m0/s1. The minimum atomic E-state index is -2.17. The third-order valence-electron chi connectivity index (χ3n) is 11.1. The van der Waals surface area contributed by atoms with Gasteiger partial charge < -0.3 is 49.1 Å². The molecule has 2 aromatic carbocycles. The molecule has 17 heteroatoms. The minimum Gasteiger partial charge on any atom is -0.507 e. The summed E-state index contributed by atoms with van der Waals surface area (Å²) in [6.07, 6.45) is -2.91. The van der Waals surface area contributed by atoms with E-state index < -0.39 is 83.1 Å². The highest BCUT2D eigenvalue weighted by atomic mass is 33.1. The Hall–Kier alpha value is -3.78. The van der Waals surface area contributed by atoms with Crippen molar-refractivity contribution in [3.05, 3.63) is 76.0 Å². The molecular formula is C39H43N3O12S2. The van der Waals surface area contributed by atoms with Gasteiger partial charge >= 0.3 is 0 Å². The van der Waals surface area contributed by atoms with E-state index >= 15 is 0 Å². The number of hydrogen-bond acceptors (Lipinski definition) is 16. The smallest absolute Gasteiger partial charge is 0.252 e. The van der Waals surface area contributed by atoms with E-state index in [9.17, 15) is 29.7 Å². The number of phenolic OH excluding ortho intramolecular Hbond substituents is 2. The van der Waals surface area contributed by atoms with Crippen molar-refractivity contribution in [1.82, 2.24) is 15.2 Å². The number of methoxy groups -OCH3 is 2. The summed E-state index contributed by atoms with van der Waals surface area (Å²) in [7, 11) is 5.87. The van der Waals surface area contributed by atoms with Gasteiger partial charge in [-0.2, -0.15) is 0 Å². The topological polar surface area (TPSA) is 195 Å². The van der Waals surface area contributed by atoms with Gasteiger partial charge in [-0.15, -0.1) is 0 Å². The molecule has 0 saturated carbocycles. The summed E-state index contributed by atoms with van der Waals surface area (Å²) in [4.78, 5) is 48.6. The van der Waals surface area contributed by atoms with E-state index in [2.05, 4.69) is 15.2 Å². The van der Waals surface area contributed by atoms with Crippen LogP contribution < -0.4 is 10.1 Å². The third kappa shape index (κ3) is 6.75. The number of amides is 1. The van der Waals surface area contributed by atoms with E-state index in [1.807, 2.05) is 32.0 Å². The second-order valence-corrected chi connectivity index (χ2v) is 17.2. The van der Waals surface area contributed by atoms with Crippen molar-refractivity contribution in [2.24, 2.45) is 0 Å². The van der Waals surface area contributed by atoms with Gasteiger partial charge in [0.2, 0.25) is 5.78 Å². The van der Waals surface area contributed by atoms with Gasteiger partial charge in [-0.05, 0) is 35.9 Å². The lowest BCUT2D eigenvalue weighted by atomic mass is 9.72. The zero-order valence-electron chi connectivity index (χ0n) is 31.1. The molecule has 3 aromatic rings. The maximum Gasteiger partial charge on any atom is 0.252 e. The maximum atomic E-state index is 14.1. The molecule has 15 nitrogen and oxygen atoms in total. The Morgan fingerprint density at radius 2 is 1.89 bits per heavy atom. The van der Waals surface area contributed by atoms with Crippen LogP contribution in [0.1, 0.15) is 75.8 Å². The Balaban J connectivity index is 1.12. The first-order chi connectivity index (χ1) is 26.9. The second-order valence-electron chi connectivity index (χ2n) is 14.6. The number of benzene rings is 2. The first kappa shape index (κ1) is 39.1. The molecule has 1 unspecified atom stereocenters. The van der Waals surface area contributed by atoms with E-state index in [0.29, 0.717) is 19.6 Å². The largest absolute Gasteiger partial charge is 0.507 e. The first-order valence-corrected chi connectivity index (χ1v) is 20.6. The summed E-state index contributed by atoms with van der Waals surface area (Å²) >= 11 is 0. The van der Waals surface area contributed by atoms with Crippen LogP contribution in [0.2, 0.25) is 0 Å². The van der Waals surface area contributed by atoms with Crippen molar-refractivity contribution in [3.8, 4) is 17.2 Å². The fourth-order valence-electron chi connectivity index (χ4n) is 8.47. The van der Waals surface area contributed by atoms with E-state index in [4.69, 9.17) is 28.4 Å². The second kappa shape index (κ2) is 15.5. The van der Waals surface area contributed by atoms with Gasteiger partial charge in [0.05, 0.1) is 42.6 Å².